The third kappa shape index (κ3) is 5.35. The standard InChI is InChI=1S/C26H33N3O2/c1-4-8-23(30)17-28(21-13-14-21)18-25-20(3)27-29(22-9-6-5-7-10-22)26(25)31-24-15-11-19(2)12-16-24/h5-7,9-12,15-16,21,23,30H,4,8,13-14,17-18H2,1-3H3. The zero-order chi connectivity index (χ0) is 21.8. The maximum atomic E-state index is 10.5. The van der Waals surface area contributed by atoms with Gasteiger partial charge in [0.2, 0.25) is 5.88 Å². The largest absolute Gasteiger partial charge is 0.439 e. The molecule has 3 aromatic rings. The van der Waals surface area contributed by atoms with Crippen LogP contribution in [0.3, 0.4) is 0 Å². The molecule has 1 saturated carbocycles. The summed E-state index contributed by atoms with van der Waals surface area (Å²) in [7, 11) is 0. The fourth-order valence-electron chi connectivity index (χ4n) is 3.97. The second kappa shape index (κ2) is 9.67. The smallest absolute Gasteiger partial charge is 0.227 e. The van der Waals surface area contributed by atoms with Gasteiger partial charge >= 0.3 is 0 Å². The molecular weight excluding hydrogens is 386 g/mol. The molecule has 2 aromatic carbocycles. The van der Waals surface area contributed by atoms with Crippen LogP contribution in [0.15, 0.2) is 54.6 Å². The van der Waals surface area contributed by atoms with Gasteiger partial charge < -0.3 is 9.84 Å². The molecule has 0 bridgehead atoms. The van der Waals surface area contributed by atoms with Crippen LogP contribution >= 0.6 is 0 Å². The first kappa shape index (κ1) is 21.6. The molecule has 0 spiro atoms. The molecule has 4 rings (SSSR count). The summed E-state index contributed by atoms with van der Waals surface area (Å²) < 4.78 is 8.34. The van der Waals surface area contributed by atoms with Gasteiger partial charge in [-0.1, -0.05) is 49.2 Å². The van der Waals surface area contributed by atoms with E-state index in [2.05, 4.69) is 30.9 Å². The molecule has 1 aliphatic carbocycles. The first-order valence-electron chi connectivity index (χ1n) is 11.4. The van der Waals surface area contributed by atoms with Gasteiger partial charge in [0.25, 0.3) is 0 Å². The van der Waals surface area contributed by atoms with E-state index in [1.165, 1.54) is 18.4 Å². The minimum Gasteiger partial charge on any atom is -0.439 e. The third-order valence-corrected chi connectivity index (χ3v) is 5.87. The molecule has 1 atom stereocenters. The monoisotopic (exact) mass is 419 g/mol. The first-order chi connectivity index (χ1) is 15.0. The van der Waals surface area contributed by atoms with E-state index in [1.54, 1.807) is 0 Å². The second-order valence-electron chi connectivity index (χ2n) is 8.63. The Morgan fingerprint density at radius 2 is 1.81 bits per heavy atom. The number of aryl methyl sites for hydroxylation is 2. The molecule has 1 unspecified atom stereocenters. The number of rotatable bonds is 10. The number of aromatic nitrogens is 2. The second-order valence-corrected chi connectivity index (χ2v) is 8.63. The average Bonchev–Trinajstić information content (AvgIpc) is 3.57. The van der Waals surface area contributed by atoms with Crippen molar-refractivity contribution in [3.8, 4) is 17.3 Å². The summed E-state index contributed by atoms with van der Waals surface area (Å²) in [4.78, 5) is 2.40. The van der Waals surface area contributed by atoms with E-state index in [0.29, 0.717) is 12.6 Å². The average molecular weight is 420 g/mol. The van der Waals surface area contributed by atoms with Gasteiger partial charge in [-0.3, -0.25) is 4.90 Å². The van der Waals surface area contributed by atoms with Gasteiger partial charge in [0.05, 0.1) is 23.0 Å². The number of hydrogen-bond acceptors (Lipinski definition) is 4. The molecule has 164 valence electrons. The number of ether oxygens (including phenoxy) is 1. The van der Waals surface area contributed by atoms with Crippen molar-refractivity contribution in [2.75, 3.05) is 6.54 Å². The SMILES string of the molecule is CCCC(O)CN(Cc1c(C)nn(-c2ccccc2)c1Oc1ccc(C)cc1)C1CC1. The molecule has 1 aliphatic rings. The summed E-state index contributed by atoms with van der Waals surface area (Å²) in [5, 5.41) is 15.3. The number of benzene rings is 2. The van der Waals surface area contributed by atoms with Crippen molar-refractivity contribution < 1.29 is 9.84 Å². The molecule has 31 heavy (non-hydrogen) atoms. The lowest BCUT2D eigenvalue weighted by Crippen LogP contribution is -2.34. The lowest BCUT2D eigenvalue weighted by Gasteiger charge is -2.25. The molecule has 5 heteroatoms. The Hall–Kier alpha value is -2.63. The van der Waals surface area contributed by atoms with Gasteiger partial charge in [-0.2, -0.15) is 5.10 Å². The highest BCUT2D eigenvalue weighted by atomic mass is 16.5. The van der Waals surface area contributed by atoms with E-state index in [9.17, 15) is 5.11 Å². The van der Waals surface area contributed by atoms with Crippen LogP contribution < -0.4 is 4.74 Å². The molecule has 1 aromatic heterocycles. The maximum absolute atomic E-state index is 10.5. The molecule has 1 fully saturated rings. The Balaban J connectivity index is 1.68. The normalized spacial score (nSPS) is 14.7. The van der Waals surface area contributed by atoms with Gasteiger partial charge in [0.1, 0.15) is 5.75 Å². The van der Waals surface area contributed by atoms with Gasteiger partial charge in [0, 0.05) is 19.1 Å². The number of para-hydroxylation sites is 1. The summed E-state index contributed by atoms with van der Waals surface area (Å²) in [6.07, 6.45) is 3.92. The highest BCUT2D eigenvalue weighted by molar-refractivity contribution is 5.43. The number of hydrogen-bond donors (Lipinski definition) is 1. The van der Waals surface area contributed by atoms with Crippen LogP contribution in [-0.4, -0.2) is 38.5 Å². The van der Waals surface area contributed by atoms with E-state index >= 15 is 0 Å². The van der Waals surface area contributed by atoms with Crippen LogP contribution in [0.25, 0.3) is 5.69 Å². The Bertz CT molecular complexity index is 978. The Labute approximate surface area is 185 Å². The topological polar surface area (TPSA) is 50.5 Å². The molecule has 1 N–H and O–H groups in total. The van der Waals surface area contributed by atoms with Crippen molar-refractivity contribution in [1.29, 1.82) is 0 Å². The van der Waals surface area contributed by atoms with Crippen molar-refractivity contribution in [2.24, 2.45) is 0 Å². The van der Waals surface area contributed by atoms with E-state index in [0.717, 1.165) is 48.0 Å². The lowest BCUT2D eigenvalue weighted by atomic mass is 10.1. The van der Waals surface area contributed by atoms with E-state index in [1.807, 2.05) is 54.1 Å². The van der Waals surface area contributed by atoms with Gasteiger partial charge in [-0.25, -0.2) is 4.68 Å². The minimum absolute atomic E-state index is 0.295. The fourth-order valence-corrected chi connectivity index (χ4v) is 3.97. The molecule has 1 heterocycles. The van der Waals surface area contributed by atoms with E-state index in [4.69, 9.17) is 9.84 Å². The summed E-state index contributed by atoms with van der Waals surface area (Å²) in [5.41, 5.74) is 4.22. The highest BCUT2D eigenvalue weighted by Gasteiger charge is 2.32. The number of aliphatic hydroxyl groups is 1. The molecular formula is C26H33N3O2. The highest BCUT2D eigenvalue weighted by Crippen LogP contribution is 2.35. The van der Waals surface area contributed by atoms with Gasteiger partial charge in [-0.05, 0) is 57.4 Å². The van der Waals surface area contributed by atoms with Crippen LogP contribution in [0, 0.1) is 13.8 Å². The summed E-state index contributed by atoms with van der Waals surface area (Å²) in [5.74, 6) is 1.55. The molecule has 0 amide bonds. The van der Waals surface area contributed by atoms with Crippen LogP contribution in [0.2, 0.25) is 0 Å². The zero-order valence-electron chi connectivity index (χ0n) is 18.8. The predicted octanol–water partition coefficient (Wildman–Crippen LogP) is 5.41. The first-order valence-corrected chi connectivity index (χ1v) is 11.4. The van der Waals surface area contributed by atoms with E-state index in [-0.39, 0.29) is 6.10 Å². The molecule has 0 radical (unpaired) electrons. The van der Waals surface area contributed by atoms with Crippen molar-refractivity contribution in [3.63, 3.8) is 0 Å². The van der Waals surface area contributed by atoms with Gasteiger partial charge in [0.15, 0.2) is 0 Å². The van der Waals surface area contributed by atoms with Crippen LogP contribution in [-0.2, 0) is 6.54 Å². The third-order valence-electron chi connectivity index (χ3n) is 5.87. The summed E-state index contributed by atoms with van der Waals surface area (Å²) >= 11 is 0. The number of nitrogens with zero attached hydrogens (tertiary/aromatic N) is 3. The number of aliphatic hydroxyl groups excluding tert-OH is 1. The molecule has 0 saturated heterocycles. The molecule has 5 nitrogen and oxygen atoms in total. The van der Waals surface area contributed by atoms with Crippen LogP contribution in [0.1, 0.15) is 49.4 Å². The van der Waals surface area contributed by atoms with Crippen LogP contribution in [0.4, 0.5) is 0 Å². The summed E-state index contributed by atoms with van der Waals surface area (Å²) in [6.45, 7) is 7.66. The van der Waals surface area contributed by atoms with Gasteiger partial charge in [-0.15, -0.1) is 0 Å². The summed E-state index contributed by atoms with van der Waals surface area (Å²) in [6, 6.07) is 18.8. The Kier molecular flexibility index (Phi) is 6.73. The van der Waals surface area contributed by atoms with Crippen LogP contribution in [0.5, 0.6) is 11.6 Å². The predicted molar refractivity (Wildman–Crippen MR) is 124 cm³/mol. The maximum Gasteiger partial charge on any atom is 0.227 e. The van der Waals surface area contributed by atoms with E-state index < -0.39 is 0 Å². The van der Waals surface area contributed by atoms with Crippen molar-refractivity contribution in [3.05, 3.63) is 71.4 Å². The molecule has 0 aliphatic heterocycles. The van der Waals surface area contributed by atoms with Crippen molar-refractivity contribution in [1.82, 2.24) is 14.7 Å². The Morgan fingerprint density at radius 1 is 1.10 bits per heavy atom. The van der Waals surface area contributed by atoms with Crippen molar-refractivity contribution >= 4 is 0 Å². The minimum atomic E-state index is -0.295. The van der Waals surface area contributed by atoms with Crippen molar-refractivity contribution in [2.45, 2.75) is 65.1 Å². The Morgan fingerprint density at radius 3 is 2.45 bits per heavy atom. The zero-order valence-corrected chi connectivity index (χ0v) is 18.8. The quantitative estimate of drug-likeness (QED) is 0.478. The lowest BCUT2D eigenvalue weighted by molar-refractivity contribution is 0.0961. The fraction of sp³-hybridized carbons (Fsp3) is 0.423.